The summed E-state index contributed by atoms with van der Waals surface area (Å²) in [5, 5.41) is 3.14. The Hall–Kier alpha value is -3.18. The van der Waals surface area contributed by atoms with Crippen molar-refractivity contribution in [3.05, 3.63) is 82.4 Å². The third-order valence-corrected chi connectivity index (χ3v) is 4.71. The SMILES string of the molecule is CCOc1cc(C(=O)Nc2ccccc2OC)cc(Cl)c1OCc1ccc(C)cc1. The predicted molar refractivity (Wildman–Crippen MR) is 119 cm³/mol. The van der Waals surface area contributed by atoms with Gasteiger partial charge in [0.2, 0.25) is 0 Å². The van der Waals surface area contributed by atoms with Gasteiger partial charge in [-0.25, -0.2) is 0 Å². The smallest absolute Gasteiger partial charge is 0.255 e. The molecule has 6 heteroatoms. The van der Waals surface area contributed by atoms with E-state index in [4.69, 9.17) is 25.8 Å². The van der Waals surface area contributed by atoms with E-state index in [0.717, 1.165) is 5.56 Å². The summed E-state index contributed by atoms with van der Waals surface area (Å²) >= 11 is 6.46. The molecule has 0 aliphatic carbocycles. The van der Waals surface area contributed by atoms with Crippen LogP contribution in [0.25, 0.3) is 0 Å². The van der Waals surface area contributed by atoms with Crippen molar-refractivity contribution in [1.29, 1.82) is 0 Å². The summed E-state index contributed by atoms with van der Waals surface area (Å²) in [5.74, 6) is 1.07. The maximum Gasteiger partial charge on any atom is 0.255 e. The summed E-state index contributed by atoms with van der Waals surface area (Å²) in [6.45, 7) is 4.64. The third kappa shape index (κ3) is 5.24. The van der Waals surface area contributed by atoms with Crippen molar-refractivity contribution >= 4 is 23.2 Å². The molecule has 0 atom stereocenters. The fourth-order valence-corrected chi connectivity index (χ4v) is 3.15. The molecule has 0 saturated heterocycles. The second-order valence-corrected chi connectivity index (χ2v) is 7.05. The number of carbonyl (C=O) groups excluding carboxylic acids is 1. The maximum atomic E-state index is 12.8. The second kappa shape index (κ2) is 10.0. The lowest BCUT2D eigenvalue weighted by Crippen LogP contribution is -2.13. The molecule has 3 aromatic rings. The van der Waals surface area contributed by atoms with Crippen molar-refractivity contribution < 1.29 is 19.0 Å². The number of hydrogen-bond acceptors (Lipinski definition) is 4. The molecule has 156 valence electrons. The van der Waals surface area contributed by atoms with Gasteiger partial charge in [0.1, 0.15) is 12.4 Å². The normalized spacial score (nSPS) is 10.4. The second-order valence-electron chi connectivity index (χ2n) is 6.65. The van der Waals surface area contributed by atoms with E-state index in [1.165, 1.54) is 5.56 Å². The van der Waals surface area contributed by atoms with Crippen LogP contribution in [-0.2, 0) is 6.61 Å². The first kappa shape index (κ1) is 21.5. The summed E-state index contributed by atoms with van der Waals surface area (Å²) in [4.78, 5) is 12.8. The van der Waals surface area contributed by atoms with Crippen LogP contribution in [0.5, 0.6) is 17.2 Å². The summed E-state index contributed by atoms with van der Waals surface area (Å²) in [6.07, 6.45) is 0. The highest BCUT2D eigenvalue weighted by atomic mass is 35.5. The van der Waals surface area contributed by atoms with Gasteiger partial charge in [0.05, 0.1) is 24.4 Å². The van der Waals surface area contributed by atoms with Gasteiger partial charge in [-0.05, 0) is 43.7 Å². The van der Waals surface area contributed by atoms with Gasteiger partial charge in [-0.2, -0.15) is 0 Å². The third-order valence-electron chi connectivity index (χ3n) is 4.43. The van der Waals surface area contributed by atoms with Gasteiger partial charge in [0.25, 0.3) is 5.91 Å². The monoisotopic (exact) mass is 425 g/mol. The lowest BCUT2D eigenvalue weighted by molar-refractivity contribution is 0.102. The van der Waals surface area contributed by atoms with Crippen LogP contribution in [-0.4, -0.2) is 19.6 Å². The minimum Gasteiger partial charge on any atom is -0.495 e. The van der Waals surface area contributed by atoms with Crippen LogP contribution in [0, 0.1) is 6.92 Å². The molecule has 0 aliphatic rings. The van der Waals surface area contributed by atoms with Crippen LogP contribution < -0.4 is 19.5 Å². The highest BCUT2D eigenvalue weighted by Gasteiger charge is 2.17. The number of carbonyl (C=O) groups is 1. The Morgan fingerprint density at radius 2 is 1.73 bits per heavy atom. The summed E-state index contributed by atoms with van der Waals surface area (Å²) in [5.41, 5.74) is 3.12. The molecule has 0 bridgehead atoms. The van der Waals surface area contributed by atoms with E-state index < -0.39 is 0 Å². The van der Waals surface area contributed by atoms with E-state index in [0.29, 0.717) is 46.7 Å². The van der Waals surface area contributed by atoms with E-state index in [1.54, 1.807) is 31.4 Å². The van der Waals surface area contributed by atoms with Crippen molar-refractivity contribution in [2.24, 2.45) is 0 Å². The predicted octanol–water partition coefficient (Wildman–Crippen LogP) is 5.89. The van der Waals surface area contributed by atoms with Crippen molar-refractivity contribution in [3.63, 3.8) is 0 Å². The molecule has 0 spiro atoms. The lowest BCUT2D eigenvalue weighted by Gasteiger charge is -2.16. The number of hydrogen-bond donors (Lipinski definition) is 1. The fraction of sp³-hybridized carbons (Fsp3) is 0.208. The summed E-state index contributed by atoms with van der Waals surface area (Å²) in [6, 6.07) is 18.4. The van der Waals surface area contributed by atoms with Gasteiger partial charge < -0.3 is 19.5 Å². The molecule has 0 aliphatic heterocycles. The largest absolute Gasteiger partial charge is 0.495 e. The van der Waals surface area contributed by atoms with Crippen molar-refractivity contribution in [3.8, 4) is 17.2 Å². The van der Waals surface area contributed by atoms with Crippen molar-refractivity contribution in [2.75, 3.05) is 19.0 Å². The van der Waals surface area contributed by atoms with Gasteiger partial charge >= 0.3 is 0 Å². The Labute approximate surface area is 181 Å². The van der Waals surface area contributed by atoms with Gasteiger partial charge in [-0.3, -0.25) is 4.79 Å². The minimum absolute atomic E-state index is 0.304. The standard InChI is InChI=1S/C24H24ClNO4/c1-4-29-22-14-18(24(27)26-20-7-5-6-8-21(20)28-3)13-19(25)23(22)30-15-17-11-9-16(2)10-12-17/h5-14H,4,15H2,1-3H3,(H,26,27). The first-order valence-electron chi connectivity index (χ1n) is 9.61. The number of ether oxygens (including phenoxy) is 3. The van der Waals surface area contributed by atoms with Crippen molar-refractivity contribution in [2.45, 2.75) is 20.5 Å². The number of aryl methyl sites for hydroxylation is 1. The number of amides is 1. The van der Waals surface area contributed by atoms with Gasteiger partial charge in [0.15, 0.2) is 11.5 Å². The Kier molecular flexibility index (Phi) is 7.20. The molecule has 3 rings (SSSR count). The quantitative estimate of drug-likeness (QED) is 0.489. The minimum atomic E-state index is -0.326. The molecule has 0 saturated carbocycles. The zero-order valence-electron chi connectivity index (χ0n) is 17.2. The van der Waals surface area contributed by atoms with Crippen LogP contribution in [0.2, 0.25) is 5.02 Å². The van der Waals surface area contributed by atoms with E-state index in [-0.39, 0.29) is 5.91 Å². The molecular weight excluding hydrogens is 402 g/mol. The molecule has 30 heavy (non-hydrogen) atoms. The van der Waals surface area contributed by atoms with Gasteiger partial charge in [0, 0.05) is 5.56 Å². The summed E-state index contributed by atoms with van der Waals surface area (Å²) in [7, 11) is 1.55. The molecule has 0 unspecified atom stereocenters. The zero-order valence-corrected chi connectivity index (χ0v) is 18.0. The molecule has 1 N–H and O–H groups in total. The van der Waals surface area contributed by atoms with Crippen LogP contribution in [0.15, 0.2) is 60.7 Å². The van der Waals surface area contributed by atoms with Gasteiger partial charge in [-0.15, -0.1) is 0 Å². The average Bonchev–Trinajstić information content (AvgIpc) is 2.74. The topological polar surface area (TPSA) is 56.8 Å². The number of benzene rings is 3. The van der Waals surface area contributed by atoms with Crippen LogP contribution in [0.3, 0.4) is 0 Å². The Bertz CT molecular complexity index is 1020. The number of methoxy groups -OCH3 is 1. The summed E-state index contributed by atoms with van der Waals surface area (Å²) < 4.78 is 16.9. The number of rotatable bonds is 8. The Balaban J connectivity index is 1.82. The molecule has 1 amide bonds. The number of anilines is 1. The number of nitrogens with one attached hydrogen (secondary N) is 1. The van der Waals surface area contributed by atoms with E-state index in [1.807, 2.05) is 50.2 Å². The fourth-order valence-electron chi connectivity index (χ4n) is 2.88. The van der Waals surface area contributed by atoms with E-state index >= 15 is 0 Å². The zero-order chi connectivity index (χ0) is 21.5. The highest BCUT2D eigenvalue weighted by molar-refractivity contribution is 6.32. The van der Waals surface area contributed by atoms with Crippen LogP contribution >= 0.6 is 11.6 Å². The van der Waals surface area contributed by atoms with Crippen LogP contribution in [0.4, 0.5) is 5.69 Å². The van der Waals surface area contributed by atoms with Crippen LogP contribution in [0.1, 0.15) is 28.4 Å². The highest BCUT2D eigenvalue weighted by Crippen LogP contribution is 2.37. The number of halogens is 1. The van der Waals surface area contributed by atoms with E-state index in [9.17, 15) is 4.79 Å². The lowest BCUT2D eigenvalue weighted by atomic mass is 10.1. The Morgan fingerprint density at radius 3 is 2.43 bits per heavy atom. The van der Waals surface area contributed by atoms with E-state index in [2.05, 4.69) is 5.32 Å². The molecular formula is C24H24ClNO4. The molecule has 3 aromatic carbocycles. The van der Waals surface area contributed by atoms with Crippen molar-refractivity contribution in [1.82, 2.24) is 0 Å². The van der Waals surface area contributed by atoms with Gasteiger partial charge in [-0.1, -0.05) is 53.6 Å². The maximum absolute atomic E-state index is 12.8. The molecule has 0 radical (unpaired) electrons. The first-order chi connectivity index (χ1) is 14.5. The number of para-hydroxylation sites is 2. The molecule has 0 aromatic heterocycles. The Morgan fingerprint density at radius 1 is 1.00 bits per heavy atom. The average molecular weight is 426 g/mol. The molecule has 0 heterocycles. The molecule has 5 nitrogen and oxygen atoms in total. The molecule has 0 fully saturated rings. The first-order valence-corrected chi connectivity index (χ1v) is 9.98.